The van der Waals surface area contributed by atoms with Crippen LogP contribution in [0.2, 0.25) is 0 Å². The highest BCUT2D eigenvalue weighted by atomic mass is 32.1. The van der Waals surface area contributed by atoms with Gasteiger partial charge in [0.1, 0.15) is 5.82 Å². The Hall–Kier alpha value is -3.47. The van der Waals surface area contributed by atoms with Crippen LogP contribution in [0.1, 0.15) is 15.6 Å². The van der Waals surface area contributed by atoms with Gasteiger partial charge in [0.15, 0.2) is 0 Å². The maximum Gasteiger partial charge on any atom is 0.471 e. The lowest BCUT2D eigenvalue weighted by atomic mass is 10.2. The maximum absolute atomic E-state index is 12.9. The monoisotopic (exact) mass is 459 g/mol. The summed E-state index contributed by atoms with van der Waals surface area (Å²) in [5.74, 6) is -0.875. The molecule has 1 saturated heterocycles. The molecule has 7 nitrogen and oxygen atoms in total. The molecule has 0 atom stereocenters. The summed E-state index contributed by atoms with van der Waals surface area (Å²) in [5, 5.41) is 4.43. The number of hydrogen-bond acceptors (Lipinski definition) is 7. The van der Waals surface area contributed by atoms with Gasteiger partial charge >= 0.3 is 12.1 Å². The highest BCUT2D eigenvalue weighted by Crippen LogP contribution is 2.30. The molecule has 4 heterocycles. The van der Waals surface area contributed by atoms with Crippen LogP contribution in [0.3, 0.4) is 0 Å². The summed E-state index contributed by atoms with van der Waals surface area (Å²) in [5.41, 5.74) is 0.326. The molecule has 3 aromatic heterocycles. The molecule has 0 unspecified atom stereocenters. The van der Waals surface area contributed by atoms with Gasteiger partial charge < -0.3 is 14.3 Å². The number of piperazine rings is 1. The molecule has 32 heavy (non-hydrogen) atoms. The zero-order valence-corrected chi connectivity index (χ0v) is 17.4. The molecule has 0 N–H and O–H groups in total. The number of thiophene rings is 1. The highest BCUT2D eigenvalue weighted by Gasteiger charge is 2.38. The molecule has 164 valence electrons. The Kier molecular flexibility index (Phi) is 5.04. The molecular formula is C21H16F3N5O2S. The summed E-state index contributed by atoms with van der Waals surface area (Å²) in [4.78, 5) is 25.2. The van der Waals surface area contributed by atoms with Crippen LogP contribution in [0.5, 0.6) is 0 Å². The van der Waals surface area contributed by atoms with Crippen LogP contribution in [0.4, 0.5) is 19.0 Å². The molecule has 0 saturated carbocycles. The number of carbonyl (C=O) groups is 1. The normalized spacial score (nSPS) is 14.8. The fourth-order valence-electron chi connectivity index (χ4n) is 3.54. The van der Waals surface area contributed by atoms with Gasteiger partial charge in [0, 0.05) is 42.6 Å². The first-order valence-electron chi connectivity index (χ1n) is 9.78. The van der Waals surface area contributed by atoms with E-state index in [0.29, 0.717) is 37.6 Å². The van der Waals surface area contributed by atoms with Crippen molar-refractivity contribution >= 4 is 33.1 Å². The van der Waals surface area contributed by atoms with Crippen LogP contribution in [-0.2, 0) is 6.18 Å². The Bertz CT molecular complexity index is 1230. The van der Waals surface area contributed by atoms with E-state index < -0.39 is 12.1 Å². The average molecular weight is 459 g/mol. The summed E-state index contributed by atoms with van der Waals surface area (Å²) < 4.78 is 43.2. The van der Waals surface area contributed by atoms with Gasteiger partial charge in [0.25, 0.3) is 5.91 Å². The Morgan fingerprint density at radius 1 is 1.06 bits per heavy atom. The number of fused-ring (bicyclic) bond motifs is 1. The standard InChI is InChI=1S/C21H16F3N5O2S/c22-21(23,24)20-26-18(27-31-20)14-5-6-17(25-12-14)28-7-9-29(10-8-28)19(30)16-11-13-3-1-2-4-15(13)32-16/h1-6,11-12H,7-10H2. The Morgan fingerprint density at radius 2 is 1.84 bits per heavy atom. The number of hydrogen-bond donors (Lipinski definition) is 0. The van der Waals surface area contributed by atoms with Crippen molar-refractivity contribution in [1.29, 1.82) is 0 Å². The third-order valence-corrected chi connectivity index (χ3v) is 6.31. The summed E-state index contributed by atoms with van der Waals surface area (Å²) in [6.45, 7) is 2.30. The molecule has 0 bridgehead atoms. The fourth-order valence-corrected chi connectivity index (χ4v) is 4.57. The van der Waals surface area contributed by atoms with E-state index in [1.54, 1.807) is 12.1 Å². The van der Waals surface area contributed by atoms with Crippen molar-refractivity contribution < 1.29 is 22.5 Å². The van der Waals surface area contributed by atoms with Crippen molar-refractivity contribution in [3.63, 3.8) is 0 Å². The van der Waals surface area contributed by atoms with Crippen LogP contribution in [0, 0.1) is 0 Å². The quantitative estimate of drug-likeness (QED) is 0.454. The molecule has 4 aromatic rings. The zero-order chi connectivity index (χ0) is 22.3. The van der Waals surface area contributed by atoms with Crippen molar-refractivity contribution in [2.45, 2.75) is 6.18 Å². The van der Waals surface area contributed by atoms with Crippen molar-refractivity contribution in [1.82, 2.24) is 20.0 Å². The largest absolute Gasteiger partial charge is 0.471 e. The van der Waals surface area contributed by atoms with E-state index >= 15 is 0 Å². The molecule has 1 aliphatic rings. The maximum atomic E-state index is 12.9. The van der Waals surface area contributed by atoms with Gasteiger partial charge in [-0.05, 0) is 29.7 Å². The van der Waals surface area contributed by atoms with Crippen molar-refractivity contribution in [2.24, 2.45) is 0 Å². The van der Waals surface area contributed by atoms with E-state index in [9.17, 15) is 18.0 Å². The number of benzene rings is 1. The van der Waals surface area contributed by atoms with Crippen LogP contribution in [-0.4, -0.2) is 52.1 Å². The number of carbonyl (C=O) groups excluding carboxylic acids is 1. The molecule has 1 amide bonds. The minimum Gasteiger partial charge on any atom is -0.353 e. The van der Waals surface area contributed by atoms with Crippen molar-refractivity contribution in [3.05, 3.63) is 59.4 Å². The number of nitrogens with zero attached hydrogens (tertiary/aromatic N) is 5. The average Bonchev–Trinajstić information content (AvgIpc) is 3.46. The Balaban J connectivity index is 1.23. The molecular weight excluding hydrogens is 443 g/mol. The number of pyridine rings is 1. The minimum atomic E-state index is -4.69. The number of aromatic nitrogens is 3. The molecule has 11 heteroatoms. The first kappa shape index (κ1) is 20.4. The van der Waals surface area contributed by atoms with Gasteiger partial charge in [0.05, 0.1) is 4.88 Å². The molecule has 5 rings (SSSR count). The molecule has 0 aliphatic carbocycles. The number of rotatable bonds is 3. The summed E-state index contributed by atoms with van der Waals surface area (Å²) in [6, 6.07) is 13.1. The predicted molar refractivity (Wildman–Crippen MR) is 112 cm³/mol. The second-order valence-corrected chi connectivity index (χ2v) is 8.34. The van der Waals surface area contributed by atoms with Gasteiger partial charge in [0.2, 0.25) is 5.82 Å². The van der Waals surface area contributed by atoms with Gasteiger partial charge in [-0.1, -0.05) is 23.4 Å². The van der Waals surface area contributed by atoms with E-state index in [1.807, 2.05) is 40.1 Å². The first-order chi connectivity index (χ1) is 15.4. The second kappa shape index (κ2) is 7.90. The smallest absolute Gasteiger partial charge is 0.353 e. The van der Waals surface area contributed by atoms with Gasteiger partial charge in [-0.2, -0.15) is 18.2 Å². The molecule has 1 aromatic carbocycles. The van der Waals surface area contributed by atoms with Gasteiger partial charge in [-0.15, -0.1) is 11.3 Å². The van der Waals surface area contributed by atoms with E-state index in [1.165, 1.54) is 17.5 Å². The van der Waals surface area contributed by atoms with Crippen molar-refractivity contribution in [3.8, 4) is 11.4 Å². The molecule has 1 fully saturated rings. The van der Waals surface area contributed by atoms with E-state index in [0.717, 1.165) is 15.0 Å². The SMILES string of the molecule is O=C(c1cc2ccccc2s1)N1CCN(c2ccc(-c3noc(C(F)(F)F)n3)cn2)CC1. The highest BCUT2D eigenvalue weighted by molar-refractivity contribution is 7.20. The van der Waals surface area contributed by atoms with Gasteiger partial charge in [-0.25, -0.2) is 4.98 Å². The number of amides is 1. The third kappa shape index (κ3) is 3.91. The van der Waals surface area contributed by atoms with E-state index in [-0.39, 0.29) is 11.7 Å². The van der Waals surface area contributed by atoms with Crippen LogP contribution in [0.15, 0.2) is 53.2 Å². The number of halogens is 3. The topological polar surface area (TPSA) is 75.4 Å². The predicted octanol–water partition coefficient (Wildman–Crippen LogP) is 4.33. The molecule has 1 aliphatic heterocycles. The first-order valence-corrected chi connectivity index (χ1v) is 10.6. The Morgan fingerprint density at radius 3 is 2.50 bits per heavy atom. The van der Waals surface area contributed by atoms with E-state index in [2.05, 4.69) is 19.6 Å². The number of anilines is 1. The zero-order valence-electron chi connectivity index (χ0n) is 16.5. The summed E-state index contributed by atoms with van der Waals surface area (Å²) in [7, 11) is 0. The molecule has 0 radical (unpaired) electrons. The molecule has 0 spiro atoms. The van der Waals surface area contributed by atoms with E-state index in [4.69, 9.17) is 0 Å². The lowest BCUT2D eigenvalue weighted by molar-refractivity contribution is -0.159. The van der Waals surface area contributed by atoms with Gasteiger partial charge in [-0.3, -0.25) is 4.79 Å². The summed E-state index contributed by atoms with van der Waals surface area (Å²) in [6.07, 6.45) is -3.28. The Labute approximate surface area is 184 Å². The van der Waals surface area contributed by atoms with Crippen LogP contribution >= 0.6 is 11.3 Å². The summed E-state index contributed by atoms with van der Waals surface area (Å²) >= 11 is 1.49. The minimum absolute atomic E-state index is 0.0201. The second-order valence-electron chi connectivity index (χ2n) is 7.25. The van der Waals surface area contributed by atoms with Crippen LogP contribution < -0.4 is 4.90 Å². The lowest BCUT2D eigenvalue weighted by Crippen LogP contribution is -2.48. The van der Waals surface area contributed by atoms with Crippen molar-refractivity contribution in [2.75, 3.05) is 31.1 Å². The fraction of sp³-hybridized carbons (Fsp3) is 0.238. The lowest BCUT2D eigenvalue weighted by Gasteiger charge is -2.35. The third-order valence-electron chi connectivity index (χ3n) is 5.20. The van der Waals surface area contributed by atoms with Crippen LogP contribution in [0.25, 0.3) is 21.5 Å². The number of alkyl halides is 3.